The third-order valence-electron chi connectivity index (χ3n) is 2.84. The van der Waals surface area contributed by atoms with Crippen molar-refractivity contribution in [3.63, 3.8) is 0 Å². The smallest absolute Gasteiger partial charge is 0.255 e. The number of amides is 1. The van der Waals surface area contributed by atoms with Gasteiger partial charge in [0.1, 0.15) is 0 Å². The zero-order valence-corrected chi connectivity index (χ0v) is 8.97. The minimum Gasteiger partial charge on any atom is -0.381 e. The third-order valence-corrected chi connectivity index (χ3v) is 2.84. The number of nitrogens with two attached hydrogens (primary N) is 1. The minimum atomic E-state index is -1.23. The van der Waals surface area contributed by atoms with Gasteiger partial charge in [-0.2, -0.15) is 0 Å². The van der Waals surface area contributed by atoms with Gasteiger partial charge in [-0.05, 0) is 18.1 Å². The normalized spacial score (nSPS) is 29.6. The Hall–Kier alpha value is -1.65. The standard InChI is InChI=1S/C12H14N2O2/c1-12(13)9(7-14-11(16)10(12)15)8-5-3-2-4-6-8/h2-7,10,15H,13H2,1H3,(H,14,16). The molecule has 4 heteroatoms. The van der Waals surface area contributed by atoms with Gasteiger partial charge < -0.3 is 16.2 Å². The Balaban J connectivity index is 2.46. The second kappa shape index (κ2) is 3.73. The number of hydrogen-bond acceptors (Lipinski definition) is 3. The Morgan fingerprint density at radius 2 is 2.00 bits per heavy atom. The summed E-state index contributed by atoms with van der Waals surface area (Å²) in [6.45, 7) is 1.65. The van der Waals surface area contributed by atoms with E-state index in [4.69, 9.17) is 5.73 Å². The van der Waals surface area contributed by atoms with Crippen molar-refractivity contribution in [2.45, 2.75) is 18.6 Å². The van der Waals surface area contributed by atoms with Crippen LogP contribution in [0.1, 0.15) is 12.5 Å². The molecule has 0 radical (unpaired) electrons. The summed E-state index contributed by atoms with van der Waals surface area (Å²) in [7, 11) is 0. The molecule has 2 rings (SSSR count). The largest absolute Gasteiger partial charge is 0.381 e. The summed E-state index contributed by atoms with van der Waals surface area (Å²) in [5.74, 6) is -0.468. The van der Waals surface area contributed by atoms with Crippen LogP contribution >= 0.6 is 0 Å². The Kier molecular flexibility index (Phi) is 2.53. The van der Waals surface area contributed by atoms with Crippen molar-refractivity contribution >= 4 is 11.5 Å². The van der Waals surface area contributed by atoms with Crippen LogP contribution in [0.2, 0.25) is 0 Å². The number of carbonyl (C=O) groups is 1. The van der Waals surface area contributed by atoms with Crippen molar-refractivity contribution in [2.75, 3.05) is 0 Å². The first-order valence-corrected chi connectivity index (χ1v) is 5.07. The SMILES string of the molecule is CC1(N)C(c2ccccc2)=CNC(=O)C1O. The Morgan fingerprint density at radius 3 is 2.62 bits per heavy atom. The predicted octanol–water partition coefficient (Wildman–Crippen LogP) is 0.236. The van der Waals surface area contributed by atoms with E-state index < -0.39 is 17.6 Å². The van der Waals surface area contributed by atoms with E-state index in [1.807, 2.05) is 30.3 Å². The molecule has 1 aromatic rings. The van der Waals surface area contributed by atoms with Crippen molar-refractivity contribution in [3.05, 3.63) is 42.1 Å². The highest BCUT2D eigenvalue weighted by molar-refractivity contribution is 5.92. The number of hydrogen-bond donors (Lipinski definition) is 3. The van der Waals surface area contributed by atoms with Gasteiger partial charge in [-0.15, -0.1) is 0 Å². The van der Waals surface area contributed by atoms with Crippen molar-refractivity contribution in [3.8, 4) is 0 Å². The summed E-state index contributed by atoms with van der Waals surface area (Å²) >= 11 is 0. The highest BCUT2D eigenvalue weighted by Crippen LogP contribution is 2.29. The fraction of sp³-hybridized carbons (Fsp3) is 0.250. The molecule has 0 spiro atoms. The molecule has 2 unspecified atom stereocenters. The Morgan fingerprint density at radius 1 is 1.38 bits per heavy atom. The van der Waals surface area contributed by atoms with Gasteiger partial charge in [-0.3, -0.25) is 4.79 Å². The molecular weight excluding hydrogens is 204 g/mol. The van der Waals surface area contributed by atoms with Gasteiger partial charge in [-0.1, -0.05) is 30.3 Å². The van der Waals surface area contributed by atoms with Crippen LogP contribution in [-0.2, 0) is 4.79 Å². The lowest BCUT2D eigenvalue weighted by molar-refractivity contribution is -0.130. The summed E-state index contributed by atoms with van der Waals surface area (Å²) < 4.78 is 0. The number of aliphatic hydroxyl groups excluding tert-OH is 1. The molecule has 4 nitrogen and oxygen atoms in total. The molecule has 1 amide bonds. The maximum Gasteiger partial charge on any atom is 0.255 e. The van der Waals surface area contributed by atoms with Crippen LogP contribution in [0.25, 0.3) is 5.57 Å². The van der Waals surface area contributed by atoms with Crippen molar-refractivity contribution < 1.29 is 9.90 Å². The fourth-order valence-electron chi connectivity index (χ4n) is 1.81. The van der Waals surface area contributed by atoms with Crippen LogP contribution in [0.4, 0.5) is 0 Å². The van der Waals surface area contributed by atoms with Gasteiger partial charge in [0, 0.05) is 6.20 Å². The zero-order chi connectivity index (χ0) is 11.8. The molecule has 1 aromatic carbocycles. The maximum absolute atomic E-state index is 11.3. The summed E-state index contributed by atoms with van der Waals surface area (Å²) in [6.07, 6.45) is 0.331. The molecule has 0 fully saturated rings. The quantitative estimate of drug-likeness (QED) is 0.632. The average Bonchev–Trinajstić information content (AvgIpc) is 2.27. The number of benzene rings is 1. The number of rotatable bonds is 1. The topological polar surface area (TPSA) is 75.3 Å². The molecule has 1 heterocycles. The van der Waals surface area contributed by atoms with E-state index in [1.54, 1.807) is 13.1 Å². The van der Waals surface area contributed by atoms with Crippen LogP contribution in [0, 0.1) is 0 Å². The van der Waals surface area contributed by atoms with Crippen LogP contribution in [0.3, 0.4) is 0 Å². The molecule has 0 saturated carbocycles. The van der Waals surface area contributed by atoms with Gasteiger partial charge in [0.15, 0.2) is 6.10 Å². The molecule has 0 saturated heterocycles. The van der Waals surface area contributed by atoms with Crippen LogP contribution in [0.15, 0.2) is 36.5 Å². The first-order chi connectivity index (χ1) is 7.53. The van der Waals surface area contributed by atoms with Crippen LogP contribution in [0.5, 0.6) is 0 Å². The first kappa shape index (κ1) is 10.9. The number of aliphatic hydroxyl groups is 1. The molecule has 0 aliphatic carbocycles. The van der Waals surface area contributed by atoms with E-state index in [0.29, 0.717) is 0 Å². The van der Waals surface area contributed by atoms with E-state index in [-0.39, 0.29) is 0 Å². The highest BCUT2D eigenvalue weighted by Gasteiger charge is 2.40. The second-order valence-corrected chi connectivity index (χ2v) is 4.12. The van der Waals surface area contributed by atoms with E-state index in [9.17, 15) is 9.90 Å². The van der Waals surface area contributed by atoms with E-state index in [2.05, 4.69) is 5.32 Å². The van der Waals surface area contributed by atoms with Crippen molar-refractivity contribution in [1.29, 1.82) is 0 Å². The molecule has 84 valence electrons. The maximum atomic E-state index is 11.3. The Bertz CT molecular complexity index is 438. The van der Waals surface area contributed by atoms with Crippen molar-refractivity contribution in [2.24, 2.45) is 5.73 Å². The van der Waals surface area contributed by atoms with Crippen molar-refractivity contribution in [1.82, 2.24) is 5.32 Å². The summed E-state index contributed by atoms with van der Waals surface area (Å²) in [5, 5.41) is 12.3. The monoisotopic (exact) mass is 218 g/mol. The fourth-order valence-corrected chi connectivity index (χ4v) is 1.81. The van der Waals surface area contributed by atoms with E-state index in [0.717, 1.165) is 11.1 Å². The van der Waals surface area contributed by atoms with E-state index in [1.165, 1.54) is 0 Å². The highest BCUT2D eigenvalue weighted by atomic mass is 16.3. The predicted molar refractivity (Wildman–Crippen MR) is 61.2 cm³/mol. The lowest BCUT2D eigenvalue weighted by atomic mass is 9.81. The second-order valence-electron chi connectivity index (χ2n) is 4.12. The molecule has 1 aliphatic rings. The molecule has 0 bridgehead atoms. The molecular formula is C12H14N2O2. The molecule has 1 aliphatic heterocycles. The van der Waals surface area contributed by atoms with Gasteiger partial charge in [0.2, 0.25) is 0 Å². The number of carbonyl (C=O) groups excluding carboxylic acids is 1. The third kappa shape index (κ3) is 1.62. The Labute approximate surface area is 93.8 Å². The molecule has 0 aromatic heterocycles. The van der Waals surface area contributed by atoms with Crippen LogP contribution < -0.4 is 11.1 Å². The summed E-state index contributed by atoms with van der Waals surface area (Å²) in [6, 6.07) is 9.45. The summed E-state index contributed by atoms with van der Waals surface area (Å²) in [5.41, 5.74) is 6.56. The zero-order valence-electron chi connectivity index (χ0n) is 8.97. The first-order valence-electron chi connectivity index (χ1n) is 5.07. The number of nitrogens with one attached hydrogen (secondary N) is 1. The van der Waals surface area contributed by atoms with Gasteiger partial charge >= 0.3 is 0 Å². The van der Waals surface area contributed by atoms with Crippen LogP contribution in [-0.4, -0.2) is 22.7 Å². The van der Waals surface area contributed by atoms with Gasteiger partial charge in [0.05, 0.1) is 5.54 Å². The molecule has 4 N–H and O–H groups in total. The average molecular weight is 218 g/mol. The molecule has 16 heavy (non-hydrogen) atoms. The van der Waals surface area contributed by atoms with Gasteiger partial charge in [0.25, 0.3) is 5.91 Å². The van der Waals surface area contributed by atoms with Gasteiger partial charge in [-0.25, -0.2) is 0 Å². The summed E-state index contributed by atoms with van der Waals surface area (Å²) in [4.78, 5) is 11.3. The minimum absolute atomic E-state index is 0.468. The lowest BCUT2D eigenvalue weighted by Crippen LogP contribution is -2.58. The molecule has 2 atom stereocenters. The van der Waals surface area contributed by atoms with E-state index >= 15 is 0 Å². The lowest BCUT2D eigenvalue weighted by Gasteiger charge is -2.35.